The summed E-state index contributed by atoms with van der Waals surface area (Å²) in [5.41, 5.74) is 9.53. The van der Waals surface area contributed by atoms with Crippen LogP contribution in [-0.4, -0.2) is 51.1 Å². The predicted molar refractivity (Wildman–Crippen MR) is 121 cm³/mol. The third-order valence-electron chi connectivity index (χ3n) is 6.61. The average Bonchev–Trinajstić information content (AvgIpc) is 3.21. The van der Waals surface area contributed by atoms with Gasteiger partial charge in [0.15, 0.2) is 0 Å². The normalized spacial score (nSPS) is 20.5. The number of rotatable bonds is 8. The monoisotopic (exact) mass is 418 g/mol. The van der Waals surface area contributed by atoms with E-state index in [0.29, 0.717) is 22.9 Å². The Kier molecular flexibility index (Phi) is 5.68. The molecule has 2 aromatic rings. The number of aromatic nitrogens is 3. The van der Waals surface area contributed by atoms with Crippen molar-refractivity contribution in [2.75, 3.05) is 19.6 Å². The second-order valence-corrected chi connectivity index (χ2v) is 8.89. The van der Waals surface area contributed by atoms with Crippen molar-refractivity contribution in [3.8, 4) is 0 Å². The van der Waals surface area contributed by atoms with Gasteiger partial charge < -0.3 is 9.88 Å². The van der Waals surface area contributed by atoms with Gasteiger partial charge in [0.05, 0.1) is 11.3 Å². The lowest BCUT2D eigenvalue weighted by Gasteiger charge is -2.14. The first-order valence-electron chi connectivity index (χ1n) is 11.5. The van der Waals surface area contributed by atoms with Crippen molar-refractivity contribution in [3.05, 3.63) is 52.4 Å². The van der Waals surface area contributed by atoms with Gasteiger partial charge in [0.1, 0.15) is 12.0 Å². The first-order chi connectivity index (χ1) is 15.2. The van der Waals surface area contributed by atoms with Crippen molar-refractivity contribution in [2.45, 2.75) is 57.8 Å². The van der Waals surface area contributed by atoms with Crippen molar-refractivity contribution < 1.29 is 4.79 Å². The van der Waals surface area contributed by atoms with Crippen molar-refractivity contribution in [2.24, 2.45) is 5.10 Å². The fourth-order valence-corrected chi connectivity index (χ4v) is 4.87. The predicted octanol–water partition coefficient (Wildman–Crippen LogP) is 3.33. The summed E-state index contributed by atoms with van der Waals surface area (Å²) in [5, 5.41) is 4.22. The van der Waals surface area contributed by atoms with E-state index in [9.17, 15) is 4.79 Å². The Labute approximate surface area is 183 Å². The topological polar surface area (TPSA) is 86.3 Å². The zero-order valence-corrected chi connectivity index (χ0v) is 18.2. The van der Waals surface area contributed by atoms with E-state index in [1.54, 1.807) is 12.3 Å². The molecule has 7 heteroatoms. The molecular weight excluding hydrogens is 388 g/mol. The van der Waals surface area contributed by atoms with E-state index in [0.717, 1.165) is 12.1 Å². The molecule has 1 amide bonds. The molecule has 1 saturated carbocycles. The second kappa shape index (κ2) is 8.75. The van der Waals surface area contributed by atoms with E-state index < -0.39 is 0 Å². The molecule has 1 aliphatic carbocycles. The fourth-order valence-electron chi connectivity index (χ4n) is 4.87. The first kappa shape index (κ1) is 20.1. The van der Waals surface area contributed by atoms with Crippen LogP contribution >= 0.6 is 0 Å². The third kappa shape index (κ3) is 4.32. The highest BCUT2D eigenvalue weighted by Gasteiger charge is 2.32. The van der Waals surface area contributed by atoms with Gasteiger partial charge in [0.2, 0.25) is 0 Å². The highest BCUT2D eigenvalue weighted by Crippen LogP contribution is 2.45. The summed E-state index contributed by atoms with van der Waals surface area (Å²) in [7, 11) is 0. The molecule has 2 fully saturated rings. The van der Waals surface area contributed by atoms with Crippen LogP contribution in [0.3, 0.4) is 0 Å². The van der Waals surface area contributed by atoms with E-state index in [-0.39, 0.29) is 5.91 Å². The van der Waals surface area contributed by atoms with Gasteiger partial charge in [-0.15, -0.1) is 0 Å². The van der Waals surface area contributed by atoms with Crippen LogP contribution in [-0.2, 0) is 11.2 Å². The maximum absolute atomic E-state index is 12.5. The molecule has 0 aromatic carbocycles. The summed E-state index contributed by atoms with van der Waals surface area (Å²) in [6.45, 7) is 5.93. The van der Waals surface area contributed by atoms with E-state index in [1.807, 2.05) is 6.08 Å². The molecule has 0 radical (unpaired) electrons. The number of nitrogens with one attached hydrogen (secondary N) is 2. The van der Waals surface area contributed by atoms with Gasteiger partial charge in [-0.05, 0) is 101 Å². The molecule has 2 N–H and O–H groups in total. The Morgan fingerprint density at radius 3 is 2.81 bits per heavy atom. The van der Waals surface area contributed by atoms with Crippen molar-refractivity contribution >= 4 is 17.7 Å². The number of hydrogen-bond donors (Lipinski definition) is 2. The first-order valence-corrected chi connectivity index (χ1v) is 11.5. The number of aryl methyl sites for hydroxylation is 1. The molecule has 0 unspecified atom stereocenters. The number of amides is 1. The van der Waals surface area contributed by atoms with Crippen LogP contribution in [0, 0.1) is 6.92 Å². The van der Waals surface area contributed by atoms with E-state index in [1.165, 1.54) is 81.3 Å². The number of nitrogens with zero attached hydrogens (tertiary/aromatic N) is 4. The number of likely N-dealkylation sites (tertiary alicyclic amines) is 1. The Morgan fingerprint density at radius 2 is 2.06 bits per heavy atom. The lowest BCUT2D eigenvalue weighted by atomic mass is 9.97. The van der Waals surface area contributed by atoms with Gasteiger partial charge in [-0.1, -0.05) is 0 Å². The lowest BCUT2D eigenvalue weighted by Crippen LogP contribution is -2.20. The van der Waals surface area contributed by atoms with Gasteiger partial charge >= 0.3 is 0 Å². The number of carbonyl (C=O) groups excluding carboxylic acids is 1. The quantitative estimate of drug-likeness (QED) is 0.509. The van der Waals surface area contributed by atoms with Crippen LogP contribution in [0.5, 0.6) is 0 Å². The van der Waals surface area contributed by atoms with Gasteiger partial charge in [0, 0.05) is 17.6 Å². The van der Waals surface area contributed by atoms with Crippen LogP contribution in [0.1, 0.15) is 72.7 Å². The number of unbranched alkanes of at least 4 members (excludes halogenated alkanes) is 1. The van der Waals surface area contributed by atoms with E-state index in [2.05, 4.69) is 37.3 Å². The summed E-state index contributed by atoms with van der Waals surface area (Å²) in [6, 6.07) is 1.78. The summed E-state index contributed by atoms with van der Waals surface area (Å²) in [5.74, 6) is 0.420. The molecule has 4 heterocycles. The SMILES string of the molecule is Cc1[nH]c(C=C2C(=O)NN=C2c2ccncn2)c(C2CC2)c1CCCCN1CCCC1. The molecular formula is C24H30N6O. The summed E-state index contributed by atoms with van der Waals surface area (Å²) in [4.78, 5) is 26.9. The third-order valence-corrected chi connectivity index (χ3v) is 6.61. The molecule has 0 bridgehead atoms. The largest absolute Gasteiger partial charge is 0.359 e. The van der Waals surface area contributed by atoms with Crippen LogP contribution in [0.2, 0.25) is 0 Å². The standard InChI is InChI=1S/C24H30N6O/c1-16-18(6-2-3-11-30-12-4-5-13-30)22(17-7-8-17)21(27-16)14-19-23(28-29-24(19)31)20-9-10-25-15-26-20/h9-10,14-15,17,27H,2-8,11-13H2,1H3,(H,29,31). The highest BCUT2D eigenvalue weighted by atomic mass is 16.2. The summed E-state index contributed by atoms with van der Waals surface area (Å²) >= 11 is 0. The van der Waals surface area contributed by atoms with Crippen LogP contribution < -0.4 is 5.43 Å². The zero-order chi connectivity index (χ0) is 21.2. The van der Waals surface area contributed by atoms with E-state index >= 15 is 0 Å². The van der Waals surface area contributed by atoms with Crippen molar-refractivity contribution in [1.82, 2.24) is 25.3 Å². The Balaban J connectivity index is 1.37. The van der Waals surface area contributed by atoms with E-state index in [4.69, 9.17) is 0 Å². The molecule has 5 rings (SSSR count). The number of aromatic amines is 1. The summed E-state index contributed by atoms with van der Waals surface area (Å²) in [6.07, 6.45) is 13.8. The lowest BCUT2D eigenvalue weighted by molar-refractivity contribution is -0.116. The van der Waals surface area contributed by atoms with Crippen molar-refractivity contribution in [3.63, 3.8) is 0 Å². The Hall–Kier alpha value is -2.80. The Morgan fingerprint density at radius 1 is 1.23 bits per heavy atom. The number of H-pyrrole nitrogens is 1. The van der Waals surface area contributed by atoms with Gasteiger partial charge in [-0.3, -0.25) is 4.79 Å². The minimum atomic E-state index is -0.185. The highest BCUT2D eigenvalue weighted by molar-refractivity contribution is 6.32. The molecule has 0 atom stereocenters. The van der Waals surface area contributed by atoms with Crippen molar-refractivity contribution in [1.29, 1.82) is 0 Å². The van der Waals surface area contributed by atoms with Gasteiger partial charge in [-0.2, -0.15) is 5.10 Å². The molecule has 3 aliphatic rings. The smallest absolute Gasteiger partial charge is 0.273 e. The maximum atomic E-state index is 12.5. The molecule has 0 spiro atoms. The average molecular weight is 419 g/mol. The molecule has 162 valence electrons. The molecule has 31 heavy (non-hydrogen) atoms. The Bertz CT molecular complexity index is 1010. The molecule has 1 saturated heterocycles. The summed E-state index contributed by atoms with van der Waals surface area (Å²) < 4.78 is 0. The number of hydrazone groups is 1. The molecule has 7 nitrogen and oxygen atoms in total. The zero-order valence-electron chi connectivity index (χ0n) is 18.2. The number of hydrogen-bond acceptors (Lipinski definition) is 5. The van der Waals surface area contributed by atoms with Crippen LogP contribution in [0.4, 0.5) is 0 Å². The maximum Gasteiger partial charge on any atom is 0.273 e. The van der Waals surface area contributed by atoms with Gasteiger partial charge in [0.25, 0.3) is 5.91 Å². The van der Waals surface area contributed by atoms with Crippen LogP contribution in [0.15, 0.2) is 29.3 Å². The minimum Gasteiger partial charge on any atom is -0.359 e. The van der Waals surface area contributed by atoms with Crippen LogP contribution in [0.25, 0.3) is 6.08 Å². The van der Waals surface area contributed by atoms with Gasteiger partial charge in [-0.25, -0.2) is 15.4 Å². The fraction of sp³-hybridized carbons (Fsp3) is 0.500. The molecule has 2 aliphatic heterocycles. The minimum absolute atomic E-state index is 0.185. The number of carbonyl (C=O) groups is 1. The second-order valence-electron chi connectivity index (χ2n) is 8.89. The molecule has 2 aromatic heterocycles.